The number of esters is 3. The summed E-state index contributed by atoms with van der Waals surface area (Å²) in [5, 5.41) is 16.7. The van der Waals surface area contributed by atoms with Gasteiger partial charge in [0.05, 0.1) is 26.2 Å². The highest BCUT2D eigenvalue weighted by Gasteiger charge is 2.43. The van der Waals surface area contributed by atoms with Crippen LogP contribution in [0.3, 0.4) is 0 Å². The number of methoxy groups -OCH3 is 1. The molecule has 0 radical (unpaired) electrons. The first-order valence-corrected chi connectivity index (χ1v) is 24.6. The fourth-order valence-electron chi connectivity index (χ4n) is 7.65. The van der Waals surface area contributed by atoms with Crippen molar-refractivity contribution in [2.24, 2.45) is 5.73 Å². The zero-order chi connectivity index (χ0) is 49.3. The molecule has 0 spiro atoms. The van der Waals surface area contributed by atoms with E-state index in [-0.39, 0.29) is 38.3 Å². The van der Waals surface area contributed by atoms with Crippen LogP contribution in [0.2, 0.25) is 1.41 Å². The molecule has 6 N–H and O–H groups in total. The molecular weight excluding hydrogens is 841 g/mol. The first-order chi connectivity index (χ1) is 31.6. The second-order valence-electron chi connectivity index (χ2n) is 17.5. The Balaban J connectivity index is 2.81. The molecule has 8 atom stereocenters. The number of carbonyl (C=O) groups is 7. The highest BCUT2D eigenvalue weighted by molar-refractivity contribution is 5.92. The topological polar surface area (TPSA) is 248 Å². The highest BCUT2D eigenvalue weighted by atomic mass is 16.6. The van der Waals surface area contributed by atoms with Gasteiger partial charge in [0.25, 0.3) is 0 Å². The number of nitrogens with two attached hydrogens (primary N) is 1. The molecule has 1 fully saturated rings. The van der Waals surface area contributed by atoms with Gasteiger partial charge in [-0.1, -0.05) is 129 Å². The van der Waals surface area contributed by atoms with Gasteiger partial charge in [-0.15, -0.1) is 0 Å². The second-order valence-corrected chi connectivity index (χ2v) is 17.5. The van der Waals surface area contributed by atoms with E-state index in [0.29, 0.717) is 11.7 Å². The maximum atomic E-state index is 13.3. The van der Waals surface area contributed by atoms with E-state index >= 15 is 0 Å². The first-order valence-electron chi connectivity index (χ1n) is 25.1. The lowest BCUT2D eigenvalue weighted by Crippen LogP contribution is -2.62. The van der Waals surface area contributed by atoms with Gasteiger partial charge in [0.1, 0.15) is 49.2 Å². The fourth-order valence-corrected chi connectivity index (χ4v) is 7.65. The summed E-state index contributed by atoms with van der Waals surface area (Å²) in [6.45, 7) is 7.58. The van der Waals surface area contributed by atoms with Crippen molar-refractivity contribution in [2.45, 2.75) is 244 Å². The molecule has 1 aliphatic rings. The number of carbonyl (C=O) groups excluding carboxylic acids is 7. The van der Waals surface area contributed by atoms with Gasteiger partial charge in [0, 0.05) is 19.8 Å². The number of hydrogen-bond donors (Lipinski definition) is 5. The molecule has 0 aromatic heterocycles. The molecule has 1 rings (SSSR count). The van der Waals surface area contributed by atoms with Gasteiger partial charge in [-0.25, -0.2) is 0 Å². The number of amides is 4. The van der Waals surface area contributed by atoms with Crippen LogP contribution in [0, 0.1) is 0 Å². The molecule has 4 amide bonds. The van der Waals surface area contributed by atoms with Gasteiger partial charge in [-0.3, -0.25) is 33.6 Å². The van der Waals surface area contributed by atoms with Crippen LogP contribution < -0.4 is 21.7 Å². The van der Waals surface area contributed by atoms with E-state index < -0.39 is 90.8 Å². The number of aliphatic hydroxyl groups excluding tert-OH is 1. The number of ether oxygens (including phenoxy) is 5. The number of primary amides is 1. The van der Waals surface area contributed by atoms with Crippen LogP contribution in [0.4, 0.5) is 0 Å². The fraction of sp³-hybridized carbons (Fsp3) is 0.854. The minimum Gasteiger partial charge on any atom is -0.469 e. The normalized spacial score (nSPS) is 19.2. The average molecular weight is 928 g/mol. The smallest absolute Gasteiger partial charge is 0.309 e. The number of hydrogen-bond acceptors (Lipinski definition) is 13. The predicted octanol–water partition coefficient (Wildman–Crippen LogP) is 5.92. The zero-order valence-corrected chi connectivity index (χ0v) is 40.6. The van der Waals surface area contributed by atoms with E-state index in [4.69, 9.17) is 26.1 Å². The molecule has 1 heterocycles. The monoisotopic (exact) mass is 928 g/mol. The average Bonchev–Trinajstić information content (AvgIpc) is 3.28. The van der Waals surface area contributed by atoms with E-state index in [1.807, 2.05) is 0 Å². The molecule has 0 unspecified atom stereocenters. The standard InChI is InChI=1S/C48H86N4O13/c1-7-9-11-13-15-16-17-18-19-20-22-24-26-28-42(55)65-37(27-25-23-21-14-12-10-8-2)31-43(56)63-33-40-44(57)45(39(32-62-40)51-36(5)53)64-35(4)48(60)50-34(3)47(59)52-38(46(49)58)29-30-41(54)61-6/h34-35,37-40,44-45,57H,7-33H2,1-6H3,(H2,49,58)(H,50,60)(H,51,53)(H,52,59)/t34-,35+,37+,38-,39-,40+,44+,45+/m0/s1/i/hD. The van der Waals surface area contributed by atoms with Crippen LogP contribution in [0.25, 0.3) is 0 Å². The Morgan fingerprint density at radius 3 is 1.80 bits per heavy atom. The summed E-state index contributed by atoms with van der Waals surface area (Å²) in [5.74, 6) is -4.94. The highest BCUT2D eigenvalue weighted by Crippen LogP contribution is 2.22. The summed E-state index contributed by atoms with van der Waals surface area (Å²) < 4.78 is 36.0. The third kappa shape index (κ3) is 28.1. The maximum absolute atomic E-state index is 13.3. The van der Waals surface area contributed by atoms with Gasteiger partial charge < -0.3 is 50.5 Å². The van der Waals surface area contributed by atoms with E-state index in [9.17, 15) is 38.7 Å². The third-order valence-electron chi connectivity index (χ3n) is 11.6. The van der Waals surface area contributed by atoms with Crippen LogP contribution in [0.1, 0.15) is 195 Å². The quantitative estimate of drug-likeness (QED) is 0.0275. The van der Waals surface area contributed by atoms with Crippen molar-refractivity contribution < 1.29 is 63.8 Å². The Bertz CT molecular complexity index is 1420. The Labute approximate surface area is 390 Å². The molecular formula is C48H86N4O13. The summed E-state index contributed by atoms with van der Waals surface area (Å²) in [6.07, 6.45) is 17.1. The first kappa shape index (κ1) is 57.3. The number of rotatable bonds is 38. The molecule has 376 valence electrons. The van der Waals surface area contributed by atoms with Crippen LogP contribution >= 0.6 is 0 Å². The maximum Gasteiger partial charge on any atom is 0.309 e. The molecule has 0 aliphatic carbocycles. The summed E-state index contributed by atoms with van der Waals surface area (Å²) >= 11 is 0. The largest absolute Gasteiger partial charge is 0.469 e. The van der Waals surface area contributed by atoms with E-state index in [2.05, 4.69) is 29.2 Å². The van der Waals surface area contributed by atoms with Gasteiger partial charge in [0.15, 0.2) is 1.41 Å². The second kappa shape index (κ2) is 36.3. The van der Waals surface area contributed by atoms with Gasteiger partial charge in [-0.2, -0.15) is 0 Å². The molecule has 1 saturated heterocycles. The molecule has 0 saturated carbocycles. The minimum atomic E-state index is -1.54. The summed E-state index contributed by atoms with van der Waals surface area (Å²) in [4.78, 5) is 88.0. The van der Waals surface area contributed by atoms with Crippen molar-refractivity contribution in [3.63, 3.8) is 0 Å². The van der Waals surface area contributed by atoms with Gasteiger partial charge in [0.2, 0.25) is 23.6 Å². The van der Waals surface area contributed by atoms with E-state index in [1.54, 1.807) is 0 Å². The van der Waals surface area contributed by atoms with Crippen molar-refractivity contribution in [3.8, 4) is 0 Å². The zero-order valence-electron chi connectivity index (χ0n) is 41.6. The van der Waals surface area contributed by atoms with Crippen LogP contribution in [0.5, 0.6) is 0 Å². The molecule has 0 aromatic rings. The number of nitrogens with one attached hydrogen (secondary N) is 3. The Hall–Kier alpha value is -3.83. The number of aliphatic hydroxyl groups is 1. The van der Waals surface area contributed by atoms with Crippen molar-refractivity contribution >= 4 is 41.5 Å². The number of unbranched alkanes of at least 4 members (excludes halogenated alkanes) is 18. The van der Waals surface area contributed by atoms with E-state index in [0.717, 1.165) is 57.8 Å². The van der Waals surface area contributed by atoms with Crippen LogP contribution in [-0.4, -0.2) is 116 Å². The lowest BCUT2D eigenvalue weighted by molar-refractivity contribution is -0.198. The van der Waals surface area contributed by atoms with Crippen molar-refractivity contribution in [1.29, 1.82) is 0 Å². The third-order valence-corrected chi connectivity index (χ3v) is 11.6. The SMILES string of the molecule is [2H]N(C(=O)[C@@H](C)O[C@H]1[C@H](O)[C@@H](COC(=O)C[C@@H](CCCCCCCCC)OC(=O)CCCCCCCCCCCCCCC)OC[C@@H]1NC(C)=O)[C@@H](C)C(=O)N[C@@H](CCC(=O)OC)C(N)=O. The molecule has 1 aliphatic heterocycles. The van der Waals surface area contributed by atoms with E-state index in [1.165, 1.54) is 98.5 Å². The van der Waals surface area contributed by atoms with Gasteiger partial charge >= 0.3 is 17.9 Å². The molecule has 65 heavy (non-hydrogen) atoms. The van der Waals surface area contributed by atoms with Crippen molar-refractivity contribution in [1.82, 2.24) is 15.9 Å². The summed E-state index contributed by atoms with van der Waals surface area (Å²) in [5.41, 5.74) is 5.37. The summed E-state index contributed by atoms with van der Waals surface area (Å²) in [6, 6.07) is -3.68. The Kier molecular flexibility index (Phi) is 32.0. The molecule has 0 bridgehead atoms. The summed E-state index contributed by atoms with van der Waals surface area (Å²) in [7, 11) is 1.17. The lowest BCUT2D eigenvalue weighted by atomic mass is 9.97. The Morgan fingerprint density at radius 1 is 0.738 bits per heavy atom. The van der Waals surface area contributed by atoms with Crippen molar-refractivity contribution in [3.05, 3.63) is 0 Å². The van der Waals surface area contributed by atoms with Gasteiger partial charge in [-0.05, 0) is 39.5 Å². The minimum absolute atomic E-state index is 0.165. The van der Waals surface area contributed by atoms with Crippen molar-refractivity contribution in [2.75, 3.05) is 20.3 Å². The van der Waals surface area contributed by atoms with Crippen LogP contribution in [-0.2, 0) is 57.2 Å². The van der Waals surface area contributed by atoms with Crippen LogP contribution in [0.15, 0.2) is 0 Å². The molecule has 0 aromatic carbocycles. The lowest BCUT2D eigenvalue weighted by Gasteiger charge is -2.41. The molecule has 17 heteroatoms. The predicted molar refractivity (Wildman–Crippen MR) is 246 cm³/mol. The Morgan fingerprint density at radius 2 is 1.28 bits per heavy atom. The molecule has 17 nitrogen and oxygen atoms in total.